The van der Waals surface area contributed by atoms with Gasteiger partial charge in [0, 0.05) is 18.9 Å². The van der Waals surface area contributed by atoms with Gasteiger partial charge in [0.2, 0.25) is 5.91 Å². The number of carbonyl (C=O) groups is 1. The molecule has 6 nitrogen and oxygen atoms in total. The van der Waals surface area contributed by atoms with Crippen LogP contribution < -0.4 is 5.32 Å². The molecule has 4 rings (SSSR count). The van der Waals surface area contributed by atoms with Gasteiger partial charge in [-0.05, 0) is 24.1 Å². The first-order valence-electron chi connectivity index (χ1n) is 10.3. The standard InChI is InChI=1S/C24H22F2N4O2/c1-2-19(24-28-13-20(30-24)15-6-4-3-5-7-15)29-22(31)10-11-23-27-14-21(32-23)17-9-8-16(25)12-18(17)26/h3-9,12-14,19H,2,10-11H2,1H3,(H,28,30)(H,29,31). The molecule has 2 N–H and O–H groups in total. The summed E-state index contributed by atoms with van der Waals surface area (Å²) in [6.45, 7) is 1.97. The van der Waals surface area contributed by atoms with Crippen LogP contribution in [0.2, 0.25) is 0 Å². The van der Waals surface area contributed by atoms with Gasteiger partial charge in [-0.2, -0.15) is 0 Å². The Bertz CT molecular complexity index is 1200. The molecule has 0 spiro atoms. The number of carbonyl (C=O) groups excluding carboxylic acids is 1. The van der Waals surface area contributed by atoms with E-state index in [1.807, 2.05) is 37.3 Å². The molecule has 8 heteroatoms. The van der Waals surface area contributed by atoms with Crippen LogP contribution in [0.15, 0.2) is 65.3 Å². The second-order valence-corrected chi connectivity index (χ2v) is 7.32. The van der Waals surface area contributed by atoms with E-state index in [4.69, 9.17) is 4.42 Å². The molecule has 0 aliphatic heterocycles. The van der Waals surface area contributed by atoms with Crippen LogP contribution in [-0.4, -0.2) is 20.9 Å². The number of aromatic nitrogens is 3. The third-order valence-electron chi connectivity index (χ3n) is 5.07. The Hall–Kier alpha value is -3.81. The van der Waals surface area contributed by atoms with Gasteiger partial charge < -0.3 is 14.7 Å². The number of rotatable bonds is 8. The van der Waals surface area contributed by atoms with Gasteiger partial charge in [-0.15, -0.1) is 0 Å². The highest BCUT2D eigenvalue weighted by Gasteiger charge is 2.18. The second kappa shape index (κ2) is 9.55. The summed E-state index contributed by atoms with van der Waals surface area (Å²) in [6.07, 6.45) is 4.18. The van der Waals surface area contributed by atoms with Gasteiger partial charge in [0.25, 0.3) is 0 Å². The number of hydrogen-bond donors (Lipinski definition) is 2. The summed E-state index contributed by atoms with van der Waals surface area (Å²) in [5, 5.41) is 2.97. The largest absolute Gasteiger partial charge is 0.441 e. The lowest BCUT2D eigenvalue weighted by molar-refractivity contribution is -0.122. The molecule has 0 saturated heterocycles. The van der Waals surface area contributed by atoms with Crippen molar-refractivity contribution in [1.29, 1.82) is 0 Å². The molecule has 164 valence electrons. The molecule has 0 aliphatic rings. The SMILES string of the molecule is CCC(NC(=O)CCc1ncc(-c2ccc(F)cc2F)o1)c1ncc(-c2ccccc2)[nH]1. The molecule has 0 saturated carbocycles. The minimum Gasteiger partial charge on any atom is -0.441 e. The Balaban J connectivity index is 1.35. The number of nitrogens with one attached hydrogen (secondary N) is 2. The molecule has 0 bridgehead atoms. The van der Waals surface area contributed by atoms with E-state index in [2.05, 4.69) is 20.3 Å². The van der Waals surface area contributed by atoms with E-state index in [0.717, 1.165) is 23.4 Å². The number of aromatic amines is 1. The molecule has 2 aromatic carbocycles. The highest BCUT2D eigenvalue weighted by atomic mass is 19.1. The van der Waals surface area contributed by atoms with Crippen molar-refractivity contribution in [3.63, 3.8) is 0 Å². The summed E-state index contributed by atoms with van der Waals surface area (Å²) in [6, 6.07) is 12.8. The van der Waals surface area contributed by atoms with Gasteiger partial charge in [-0.25, -0.2) is 18.7 Å². The van der Waals surface area contributed by atoms with E-state index in [0.29, 0.717) is 18.1 Å². The molecular weight excluding hydrogens is 414 g/mol. The fourth-order valence-corrected chi connectivity index (χ4v) is 3.37. The van der Waals surface area contributed by atoms with Crippen LogP contribution in [0.4, 0.5) is 8.78 Å². The maximum atomic E-state index is 13.9. The van der Waals surface area contributed by atoms with Crippen molar-refractivity contribution in [3.05, 3.63) is 84.3 Å². The van der Waals surface area contributed by atoms with Crippen molar-refractivity contribution in [2.75, 3.05) is 0 Å². The normalized spacial score (nSPS) is 12.0. The Kier molecular flexibility index (Phi) is 6.39. The van der Waals surface area contributed by atoms with E-state index < -0.39 is 11.6 Å². The first-order chi connectivity index (χ1) is 15.5. The van der Waals surface area contributed by atoms with E-state index in [9.17, 15) is 13.6 Å². The third-order valence-corrected chi connectivity index (χ3v) is 5.07. The predicted molar refractivity (Wildman–Crippen MR) is 115 cm³/mol. The lowest BCUT2D eigenvalue weighted by Gasteiger charge is -2.14. The van der Waals surface area contributed by atoms with Crippen molar-refractivity contribution < 1.29 is 18.0 Å². The number of imidazole rings is 1. The summed E-state index contributed by atoms with van der Waals surface area (Å²) in [7, 11) is 0. The highest BCUT2D eigenvalue weighted by molar-refractivity contribution is 5.76. The average Bonchev–Trinajstić information content (AvgIpc) is 3.47. The third kappa shape index (κ3) is 4.91. The smallest absolute Gasteiger partial charge is 0.221 e. The molecule has 4 aromatic rings. The number of benzene rings is 2. The Morgan fingerprint density at radius 2 is 1.94 bits per heavy atom. The average molecular weight is 436 g/mol. The number of nitrogens with zero attached hydrogens (tertiary/aromatic N) is 2. The van der Waals surface area contributed by atoms with Crippen molar-refractivity contribution in [2.45, 2.75) is 32.2 Å². The van der Waals surface area contributed by atoms with Gasteiger partial charge in [0.15, 0.2) is 11.7 Å². The van der Waals surface area contributed by atoms with Gasteiger partial charge in [-0.3, -0.25) is 4.79 Å². The second-order valence-electron chi connectivity index (χ2n) is 7.32. The van der Waals surface area contributed by atoms with Crippen LogP contribution in [0, 0.1) is 11.6 Å². The lowest BCUT2D eigenvalue weighted by atomic mass is 10.2. The minimum absolute atomic E-state index is 0.118. The van der Waals surface area contributed by atoms with Gasteiger partial charge in [0.1, 0.15) is 17.5 Å². The fraction of sp³-hybridized carbons (Fsp3) is 0.208. The Morgan fingerprint density at radius 3 is 2.69 bits per heavy atom. The molecular formula is C24H22F2N4O2. The molecule has 0 radical (unpaired) electrons. The molecule has 1 amide bonds. The van der Waals surface area contributed by atoms with Crippen LogP contribution in [0.1, 0.15) is 37.5 Å². The molecule has 32 heavy (non-hydrogen) atoms. The molecule has 1 atom stereocenters. The van der Waals surface area contributed by atoms with Crippen molar-refractivity contribution in [1.82, 2.24) is 20.3 Å². The van der Waals surface area contributed by atoms with Crippen molar-refractivity contribution in [3.8, 4) is 22.6 Å². The van der Waals surface area contributed by atoms with E-state index in [1.54, 1.807) is 6.20 Å². The Labute approximate surface area is 183 Å². The van der Waals surface area contributed by atoms with Gasteiger partial charge in [0.05, 0.1) is 29.7 Å². The van der Waals surface area contributed by atoms with Crippen LogP contribution in [0.25, 0.3) is 22.6 Å². The highest BCUT2D eigenvalue weighted by Crippen LogP contribution is 2.25. The molecule has 1 unspecified atom stereocenters. The van der Waals surface area contributed by atoms with Crippen LogP contribution >= 0.6 is 0 Å². The van der Waals surface area contributed by atoms with Crippen LogP contribution in [0.3, 0.4) is 0 Å². The maximum absolute atomic E-state index is 13.9. The van der Waals surface area contributed by atoms with Crippen LogP contribution in [-0.2, 0) is 11.2 Å². The summed E-state index contributed by atoms with van der Waals surface area (Å²) >= 11 is 0. The van der Waals surface area contributed by atoms with E-state index >= 15 is 0 Å². The van der Waals surface area contributed by atoms with Crippen LogP contribution in [0.5, 0.6) is 0 Å². The quantitative estimate of drug-likeness (QED) is 0.397. The van der Waals surface area contributed by atoms with E-state index in [1.165, 1.54) is 12.3 Å². The summed E-state index contributed by atoms with van der Waals surface area (Å²) in [5.41, 5.74) is 2.02. The minimum atomic E-state index is -0.732. The number of aryl methyl sites for hydroxylation is 1. The van der Waals surface area contributed by atoms with E-state index in [-0.39, 0.29) is 36.1 Å². The zero-order valence-corrected chi connectivity index (χ0v) is 17.4. The monoisotopic (exact) mass is 436 g/mol. The first-order valence-corrected chi connectivity index (χ1v) is 10.3. The van der Waals surface area contributed by atoms with Crippen molar-refractivity contribution in [2.24, 2.45) is 0 Å². The van der Waals surface area contributed by atoms with Gasteiger partial charge >= 0.3 is 0 Å². The number of amides is 1. The Morgan fingerprint density at radius 1 is 1.12 bits per heavy atom. The van der Waals surface area contributed by atoms with Crippen molar-refractivity contribution >= 4 is 5.91 Å². The molecule has 0 aliphatic carbocycles. The number of H-pyrrole nitrogens is 1. The number of oxazole rings is 1. The number of halogens is 2. The zero-order chi connectivity index (χ0) is 22.5. The summed E-state index contributed by atoms with van der Waals surface area (Å²) in [5.74, 6) is -0.401. The zero-order valence-electron chi connectivity index (χ0n) is 17.4. The topological polar surface area (TPSA) is 83.8 Å². The lowest BCUT2D eigenvalue weighted by Crippen LogP contribution is -2.29. The molecule has 0 fully saturated rings. The summed E-state index contributed by atoms with van der Waals surface area (Å²) in [4.78, 5) is 24.3. The number of hydrogen-bond acceptors (Lipinski definition) is 4. The maximum Gasteiger partial charge on any atom is 0.221 e. The summed E-state index contributed by atoms with van der Waals surface area (Å²) < 4.78 is 32.5. The van der Waals surface area contributed by atoms with Gasteiger partial charge in [-0.1, -0.05) is 37.3 Å². The first kappa shape index (κ1) is 21.4. The predicted octanol–water partition coefficient (Wildman–Crippen LogP) is 5.21. The molecule has 2 aromatic heterocycles. The fourth-order valence-electron chi connectivity index (χ4n) is 3.37. The molecule has 2 heterocycles.